The molecule has 4 heteroatoms. The Labute approximate surface area is 112 Å². The van der Waals surface area contributed by atoms with E-state index in [0.717, 1.165) is 19.3 Å². The van der Waals surface area contributed by atoms with Crippen molar-refractivity contribution >= 4 is 5.97 Å². The molecular weight excluding hydrogens is 244 g/mol. The fourth-order valence-electron chi connectivity index (χ4n) is 5.50. The van der Waals surface area contributed by atoms with Gasteiger partial charge in [-0.1, -0.05) is 6.92 Å². The third kappa shape index (κ3) is 0.993. The van der Waals surface area contributed by atoms with Gasteiger partial charge >= 0.3 is 5.97 Å². The first-order valence-electron chi connectivity index (χ1n) is 7.50. The molecule has 0 aromatic heterocycles. The van der Waals surface area contributed by atoms with Crippen LogP contribution >= 0.6 is 0 Å². The second kappa shape index (κ2) is 2.73. The van der Waals surface area contributed by atoms with E-state index in [1.807, 2.05) is 6.92 Å². The number of hydrogen-bond acceptors (Lipinski definition) is 4. The minimum absolute atomic E-state index is 0.00400. The molecule has 0 N–H and O–H groups in total. The summed E-state index contributed by atoms with van der Waals surface area (Å²) in [4.78, 5) is 12.0. The van der Waals surface area contributed by atoms with E-state index in [0.29, 0.717) is 12.0 Å². The van der Waals surface area contributed by atoms with Gasteiger partial charge in [-0.05, 0) is 26.7 Å². The molecule has 5 aliphatic rings. The van der Waals surface area contributed by atoms with Crippen molar-refractivity contribution < 1.29 is 19.0 Å². The Morgan fingerprint density at radius 3 is 2.89 bits per heavy atom. The SMILES string of the molecule is C[C@@H]1C(=O)O[C@H]2[C@H]1CC[C@]1(C)O[C@@]13C[C@@H]1O[C@]1(C)[C@H]23. The van der Waals surface area contributed by atoms with Crippen LogP contribution in [0, 0.1) is 17.8 Å². The topological polar surface area (TPSA) is 51.4 Å². The molecule has 0 radical (unpaired) electrons. The number of rotatable bonds is 0. The van der Waals surface area contributed by atoms with Crippen molar-refractivity contribution in [1.82, 2.24) is 0 Å². The van der Waals surface area contributed by atoms with E-state index in [2.05, 4.69) is 13.8 Å². The molecule has 104 valence electrons. The van der Waals surface area contributed by atoms with Crippen LogP contribution in [0.1, 0.15) is 40.0 Å². The number of epoxide rings is 2. The van der Waals surface area contributed by atoms with Crippen LogP contribution in [0.5, 0.6) is 0 Å². The van der Waals surface area contributed by atoms with Gasteiger partial charge in [-0.15, -0.1) is 0 Å². The summed E-state index contributed by atoms with van der Waals surface area (Å²) in [5.74, 6) is 0.588. The van der Waals surface area contributed by atoms with Gasteiger partial charge in [0.1, 0.15) is 17.3 Å². The van der Waals surface area contributed by atoms with Crippen molar-refractivity contribution in [3.05, 3.63) is 0 Å². The van der Waals surface area contributed by atoms with Gasteiger partial charge < -0.3 is 14.2 Å². The van der Waals surface area contributed by atoms with Gasteiger partial charge in [0.2, 0.25) is 0 Å². The van der Waals surface area contributed by atoms with E-state index in [9.17, 15) is 4.79 Å². The summed E-state index contributed by atoms with van der Waals surface area (Å²) in [6.45, 7) is 6.43. The zero-order valence-corrected chi connectivity index (χ0v) is 11.6. The van der Waals surface area contributed by atoms with E-state index < -0.39 is 0 Å². The van der Waals surface area contributed by atoms with Gasteiger partial charge in [0.25, 0.3) is 0 Å². The largest absolute Gasteiger partial charge is 0.461 e. The van der Waals surface area contributed by atoms with Gasteiger partial charge in [0.15, 0.2) is 0 Å². The number of ether oxygens (including phenoxy) is 3. The van der Waals surface area contributed by atoms with Crippen LogP contribution in [0.25, 0.3) is 0 Å². The Hall–Kier alpha value is -0.610. The van der Waals surface area contributed by atoms with Gasteiger partial charge in [-0.25, -0.2) is 0 Å². The lowest BCUT2D eigenvalue weighted by atomic mass is 9.76. The van der Waals surface area contributed by atoms with Gasteiger partial charge in [-0.3, -0.25) is 4.79 Å². The average molecular weight is 264 g/mol. The second-order valence-electron chi connectivity index (χ2n) is 7.59. The maximum atomic E-state index is 12.0. The van der Waals surface area contributed by atoms with Crippen LogP contribution in [-0.4, -0.2) is 35.0 Å². The van der Waals surface area contributed by atoms with E-state index in [1.54, 1.807) is 0 Å². The molecule has 19 heavy (non-hydrogen) atoms. The summed E-state index contributed by atoms with van der Waals surface area (Å²) in [6.07, 6.45) is 3.39. The van der Waals surface area contributed by atoms with E-state index in [1.165, 1.54) is 0 Å². The summed E-state index contributed by atoms with van der Waals surface area (Å²) in [5, 5.41) is 0. The Kier molecular flexibility index (Phi) is 1.59. The molecule has 2 saturated carbocycles. The first kappa shape index (κ1) is 11.1. The highest BCUT2D eigenvalue weighted by Gasteiger charge is 2.87. The Morgan fingerprint density at radius 1 is 1.32 bits per heavy atom. The van der Waals surface area contributed by atoms with Crippen molar-refractivity contribution in [3.8, 4) is 0 Å². The summed E-state index contributed by atoms with van der Waals surface area (Å²) >= 11 is 0. The molecule has 8 atom stereocenters. The summed E-state index contributed by atoms with van der Waals surface area (Å²) in [7, 11) is 0. The number of carbonyl (C=O) groups is 1. The minimum atomic E-state index is -0.116. The lowest BCUT2D eigenvalue weighted by Gasteiger charge is -2.30. The van der Waals surface area contributed by atoms with E-state index in [4.69, 9.17) is 14.2 Å². The predicted molar refractivity (Wildman–Crippen MR) is 65.4 cm³/mol. The quantitative estimate of drug-likeness (QED) is 0.493. The minimum Gasteiger partial charge on any atom is -0.461 e. The summed E-state index contributed by atoms with van der Waals surface area (Å²) < 4.78 is 17.9. The smallest absolute Gasteiger partial charge is 0.309 e. The lowest BCUT2D eigenvalue weighted by Crippen LogP contribution is -2.43. The number of esters is 1. The Morgan fingerprint density at radius 2 is 2.11 bits per heavy atom. The number of hydrogen-bond donors (Lipinski definition) is 0. The maximum Gasteiger partial charge on any atom is 0.309 e. The molecule has 0 aromatic carbocycles. The van der Waals surface area contributed by atoms with Crippen molar-refractivity contribution in [3.63, 3.8) is 0 Å². The molecule has 0 unspecified atom stereocenters. The van der Waals surface area contributed by atoms with Crippen LogP contribution < -0.4 is 0 Å². The fraction of sp³-hybridized carbons (Fsp3) is 0.933. The van der Waals surface area contributed by atoms with E-state index >= 15 is 0 Å². The third-order valence-electron chi connectivity index (χ3n) is 6.82. The Balaban J connectivity index is 1.63. The van der Waals surface area contributed by atoms with Gasteiger partial charge in [0.05, 0.1) is 23.5 Å². The molecule has 0 bridgehead atoms. The predicted octanol–water partition coefficient (Wildman–Crippen LogP) is 1.66. The molecule has 5 rings (SSSR count). The van der Waals surface area contributed by atoms with Crippen molar-refractivity contribution in [2.45, 2.75) is 69.0 Å². The Bertz CT molecular complexity index is 504. The lowest BCUT2D eigenvalue weighted by molar-refractivity contribution is -0.147. The van der Waals surface area contributed by atoms with Crippen LogP contribution in [0.4, 0.5) is 0 Å². The first-order chi connectivity index (χ1) is 8.91. The highest BCUT2D eigenvalue weighted by Crippen LogP contribution is 2.75. The number of fused-ring (bicyclic) bond motifs is 4. The van der Waals surface area contributed by atoms with Crippen molar-refractivity contribution in [2.24, 2.45) is 17.8 Å². The molecule has 1 spiro atoms. The highest BCUT2D eigenvalue weighted by atomic mass is 16.7. The van der Waals surface area contributed by atoms with E-state index in [-0.39, 0.29) is 40.7 Å². The highest BCUT2D eigenvalue weighted by molar-refractivity contribution is 5.75. The third-order valence-corrected chi connectivity index (χ3v) is 6.82. The summed E-state index contributed by atoms with van der Waals surface area (Å²) in [6, 6.07) is 0. The fourth-order valence-corrected chi connectivity index (χ4v) is 5.50. The molecule has 5 fully saturated rings. The van der Waals surface area contributed by atoms with Gasteiger partial charge in [-0.2, -0.15) is 0 Å². The molecular formula is C15H20O4. The van der Waals surface area contributed by atoms with Crippen LogP contribution in [0.3, 0.4) is 0 Å². The molecule has 0 amide bonds. The molecule has 3 heterocycles. The standard InChI is InChI=1S/C15H20O4/c1-7-8-4-5-13(2)15(19-13)6-9-14(3,18-9)11(15)10(8)17-12(7)16/h7-11H,4-6H2,1-3H3/t7-,8-,9-,10-,11-,13-,14-,15+/m0/s1. The molecule has 0 aromatic rings. The summed E-state index contributed by atoms with van der Waals surface area (Å²) in [5.41, 5.74) is -0.197. The van der Waals surface area contributed by atoms with Gasteiger partial charge in [0, 0.05) is 12.3 Å². The van der Waals surface area contributed by atoms with Crippen LogP contribution in [-0.2, 0) is 19.0 Å². The number of carbonyl (C=O) groups excluding carboxylic acids is 1. The molecule has 3 saturated heterocycles. The molecule has 4 nitrogen and oxygen atoms in total. The van der Waals surface area contributed by atoms with Crippen LogP contribution in [0.2, 0.25) is 0 Å². The van der Waals surface area contributed by atoms with Crippen LogP contribution in [0.15, 0.2) is 0 Å². The average Bonchev–Trinajstić information content (AvgIpc) is 3.07. The monoisotopic (exact) mass is 264 g/mol. The molecule has 2 aliphatic carbocycles. The van der Waals surface area contributed by atoms with Crippen molar-refractivity contribution in [2.75, 3.05) is 0 Å². The maximum absolute atomic E-state index is 12.0. The molecule has 3 aliphatic heterocycles. The zero-order chi connectivity index (χ0) is 13.2. The second-order valence-corrected chi connectivity index (χ2v) is 7.59. The zero-order valence-electron chi connectivity index (χ0n) is 11.6. The first-order valence-corrected chi connectivity index (χ1v) is 7.50. The van der Waals surface area contributed by atoms with Crippen molar-refractivity contribution in [1.29, 1.82) is 0 Å². The normalized spacial score (nSPS) is 68.4.